The number of hydrogen-bond donors (Lipinski definition) is 3. The van der Waals surface area contributed by atoms with E-state index in [4.69, 9.17) is 5.41 Å². The van der Waals surface area contributed by atoms with E-state index < -0.39 is 0 Å². The van der Waals surface area contributed by atoms with E-state index in [1.54, 1.807) is 30.6 Å². The van der Waals surface area contributed by atoms with Gasteiger partial charge in [-0.1, -0.05) is 52.5 Å². The normalized spacial score (nSPS) is 16.4. The zero-order valence-electron chi connectivity index (χ0n) is 20.5. The topological polar surface area (TPSA) is 99.8 Å². The molecule has 1 aromatic heterocycles. The minimum Gasteiger partial charge on any atom is -0.910 e. The molecular formula is C27H29BrLiN5O2-2. The molecule has 1 aliphatic heterocycles. The number of phenolic OH excluding ortho intramolecular Hbond substituents is 1. The first-order chi connectivity index (χ1) is 17.1. The van der Waals surface area contributed by atoms with Gasteiger partial charge in [0.2, 0.25) is 0 Å². The van der Waals surface area contributed by atoms with Crippen LogP contribution in [-0.2, 0) is 13.1 Å². The number of para-hydroxylation sites is 1. The van der Waals surface area contributed by atoms with Gasteiger partial charge >= 0.3 is 24.9 Å². The van der Waals surface area contributed by atoms with Gasteiger partial charge in [-0.15, -0.1) is 6.42 Å². The van der Waals surface area contributed by atoms with Crippen LogP contribution in [0.5, 0.6) is 5.75 Å². The molecule has 36 heavy (non-hydrogen) atoms. The van der Waals surface area contributed by atoms with E-state index in [1.807, 2.05) is 35.3 Å². The molecule has 1 atom stereocenters. The standard InChI is InChI=1S/C27H29BrN5O2.Li/c28-25(16-29)10-3-8-22(12-14-31-18-21-6-4-13-30-17-21)24-9-5-15-33(20-24)27(35)32-19-23-7-1-2-11-26(23)34;/h1-2,4,6-8,11-13,16-17,24,31,34H,3,5,9,15,18-20H2,(H,32,35);/q-3;+1/b22-8+;. The molecule has 2 amide bonds. The molecule has 2 heterocycles. The smallest absolute Gasteiger partial charge is 0.910 e. The quantitative estimate of drug-likeness (QED) is 0.140. The summed E-state index contributed by atoms with van der Waals surface area (Å²) in [7, 11) is 0. The molecule has 0 aliphatic carbocycles. The molecule has 0 bridgehead atoms. The third-order valence-corrected chi connectivity index (χ3v) is 6.17. The second kappa shape index (κ2) is 16.1. The van der Waals surface area contributed by atoms with Crippen LogP contribution in [0.2, 0.25) is 0 Å². The molecule has 1 fully saturated rings. The molecule has 1 unspecified atom stereocenters. The Bertz CT molecular complexity index is 1070. The van der Waals surface area contributed by atoms with Crippen molar-refractivity contribution in [2.75, 3.05) is 13.1 Å². The predicted molar refractivity (Wildman–Crippen MR) is 141 cm³/mol. The molecule has 0 spiro atoms. The van der Waals surface area contributed by atoms with Crippen LogP contribution in [-0.4, -0.2) is 40.3 Å². The number of carbonyl (C=O) groups is 1. The molecule has 1 aromatic carbocycles. The summed E-state index contributed by atoms with van der Waals surface area (Å²) < 4.78 is 0.490. The second-order valence-corrected chi connectivity index (χ2v) is 8.99. The number of amides is 2. The van der Waals surface area contributed by atoms with Gasteiger partial charge in [-0.2, -0.15) is 22.3 Å². The number of likely N-dealkylation sites (tertiary alicyclic amines) is 1. The fraction of sp³-hybridized carbons (Fsp3) is 0.296. The van der Waals surface area contributed by atoms with Gasteiger partial charge in [0, 0.05) is 44.1 Å². The number of pyridine rings is 1. The molecule has 0 radical (unpaired) electrons. The van der Waals surface area contributed by atoms with E-state index in [9.17, 15) is 9.90 Å². The molecule has 1 saturated heterocycles. The van der Waals surface area contributed by atoms with Crippen LogP contribution in [0.15, 0.2) is 71.0 Å². The number of halogens is 1. The van der Waals surface area contributed by atoms with Crippen molar-refractivity contribution in [3.8, 4) is 5.75 Å². The van der Waals surface area contributed by atoms with Gasteiger partial charge in [0.1, 0.15) is 5.75 Å². The molecule has 2 aromatic rings. The van der Waals surface area contributed by atoms with Gasteiger partial charge in [-0.25, -0.2) is 10.9 Å². The predicted octanol–water partition coefficient (Wildman–Crippen LogP) is 1.86. The van der Waals surface area contributed by atoms with Crippen LogP contribution in [0, 0.1) is 18.2 Å². The van der Waals surface area contributed by atoms with E-state index in [0.717, 1.165) is 30.2 Å². The number of rotatable bonds is 10. The minimum absolute atomic E-state index is 0. The van der Waals surface area contributed by atoms with Gasteiger partial charge < -0.3 is 32.3 Å². The van der Waals surface area contributed by atoms with Crippen molar-refractivity contribution in [3.63, 3.8) is 0 Å². The first-order valence-electron chi connectivity index (χ1n) is 11.5. The third kappa shape index (κ3) is 9.69. The SMILES string of the molecule is [Li+].[N-]=CC(Br)=[C-]C/C=C(\C=[C-]NCc1cccnc1)C1CCCN(C(=O)NCc2ccccc2O)C1. The number of piperidine rings is 1. The number of carbonyl (C=O) groups excluding carboxylic acids is 1. The Morgan fingerprint density at radius 3 is 2.86 bits per heavy atom. The summed E-state index contributed by atoms with van der Waals surface area (Å²) in [5, 5.41) is 25.1. The first kappa shape index (κ1) is 29.4. The number of nitrogens with zero attached hydrogens (tertiary/aromatic N) is 3. The van der Waals surface area contributed by atoms with Gasteiger partial charge in [-0.3, -0.25) is 11.1 Å². The maximum Gasteiger partial charge on any atom is 1.00 e. The number of allylic oxidation sites excluding steroid dienone is 4. The minimum atomic E-state index is -0.149. The van der Waals surface area contributed by atoms with E-state index in [1.165, 1.54) is 0 Å². The molecule has 9 heteroatoms. The van der Waals surface area contributed by atoms with Crippen molar-refractivity contribution < 1.29 is 28.8 Å². The van der Waals surface area contributed by atoms with Crippen molar-refractivity contribution in [1.82, 2.24) is 20.5 Å². The number of benzene rings is 1. The summed E-state index contributed by atoms with van der Waals surface area (Å²) in [6.45, 7) is 2.14. The third-order valence-electron chi connectivity index (χ3n) is 5.68. The summed E-state index contributed by atoms with van der Waals surface area (Å²) in [5.41, 5.74) is 2.79. The van der Waals surface area contributed by atoms with Gasteiger partial charge in [0.25, 0.3) is 0 Å². The van der Waals surface area contributed by atoms with Crippen molar-refractivity contribution in [3.05, 3.63) is 99.8 Å². The Labute approximate surface area is 233 Å². The van der Waals surface area contributed by atoms with Crippen molar-refractivity contribution in [2.24, 2.45) is 5.92 Å². The molecule has 184 valence electrons. The molecule has 7 nitrogen and oxygen atoms in total. The first-order valence-corrected chi connectivity index (χ1v) is 12.3. The van der Waals surface area contributed by atoms with Crippen LogP contribution >= 0.6 is 15.9 Å². The number of aromatic nitrogens is 1. The summed E-state index contributed by atoms with van der Waals surface area (Å²) >= 11 is 3.23. The van der Waals surface area contributed by atoms with E-state index >= 15 is 0 Å². The van der Waals surface area contributed by atoms with E-state index in [0.29, 0.717) is 36.1 Å². The molecule has 3 rings (SSSR count). The van der Waals surface area contributed by atoms with Crippen LogP contribution in [0.1, 0.15) is 30.4 Å². The molecule has 1 aliphatic rings. The number of phenols is 1. The van der Waals surface area contributed by atoms with Gasteiger partial charge in [0.15, 0.2) is 0 Å². The Morgan fingerprint density at radius 2 is 2.11 bits per heavy atom. The number of aromatic hydroxyl groups is 1. The van der Waals surface area contributed by atoms with Crippen molar-refractivity contribution in [1.29, 1.82) is 0 Å². The molecule has 0 saturated carbocycles. The van der Waals surface area contributed by atoms with E-state index in [-0.39, 0.29) is 43.1 Å². The van der Waals surface area contributed by atoms with Crippen molar-refractivity contribution in [2.45, 2.75) is 32.4 Å². The van der Waals surface area contributed by atoms with Gasteiger partial charge in [-0.05, 0) is 24.1 Å². The summed E-state index contributed by atoms with van der Waals surface area (Å²) in [6.07, 6.45) is 17.0. The van der Waals surface area contributed by atoms with Gasteiger partial charge in [0.05, 0.1) is 0 Å². The fourth-order valence-electron chi connectivity index (χ4n) is 3.82. The Kier molecular flexibility index (Phi) is 13.1. The van der Waals surface area contributed by atoms with Crippen LogP contribution in [0.25, 0.3) is 5.41 Å². The Morgan fingerprint density at radius 1 is 1.28 bits per heavy atom. The monoisotopic (exact) mass is 541 g/mol. The second-order valence-electron chi connectivity index (χ2n) is 8.14. The Hall–Kier alpha value is -2.79. The average molecular weight is 542 g/mol. The van der Waals surface area contributed by atoms with Crippen LogP contribution in [0.4, 0.5) is 4.79 Å². The Balaban J connectivity index is 0.00000456. The zero-order valence-corrected chi connectivity index (χ0v) is 22.0. The zero-order chi connectivity index (χ0) is 24.9. The number of urea groups is 1. The van der Waals surface area contributed by atoms with Crippen molar-refractivity contribution >= 4 is 28.2 Å². The van der Waals surface area contributed by atoms with Crippen LogP contribution in [0.3, 0.4) is 0 Å². The fourth-order valence-corrected chi connectivity index (χ4v) is 3.98. The van der Waals surface area contributed by atoms with Crippen LogP contribution < -0.4 is 29.5 Å². The number of hydrogen-bond acceptors (Lipinski definition) is 4. The number of nitrogens with one attached hydrogen (secondary N) is 2. The average Bonchev–Trinajstić information content (AvgIpc) is 2.90. The largest absolute Gasteiger partial charge is 1.00 e. The van der Waals surface area contributed by atoms with E-state index in [2.05, 4.69) is 43.8 Å². The maximum atomic E-state index is 12.8. The maximum absolute atomic E-state index is 12.8. The molecular weight excluding hydrogens is 513 g/mol. The molecule has 3 N–H and O–H groups in total. The summed E-state index contributed by atoms with van der Waals surface area (Å²) in [6, 6.07) is 10.7. The summed E-state index contributed by atoms with van der Waals surface area (Å²) in [5.74, 6) is 0.315. The summed E-state index contributed by atoms with van der Waals surface area (Å²) in [4.78, 5) is 18.8.